The van der Waals surface area contributed by atoms with Crippen LogP contribution in [-0.2, 0) is 9.53 Å². The number of aromatic nitrogens is 4. The van der Waals surface area contributed by atoms with Gasteiger partial charge in [-0.1, -0.05) is 29.8 Å². The number of hydrogen-bond donors (Lipinski definition) is 1. The molecule has 1 aromatic heterocycles. The van der Waals surface area contributed by atoms with Gasteiger partial charge in [-0.25, -0.2) is 4.68 Å². The minimum atomic E-state index is -0.482. The summed E-state index contributed by atoms with van der Waals surface area (Å²) < 4.78 is 6.25. The molecule has 0 radical (unpaired) electrons. The summed E-state index contributed by atoms with van der Waals surface area (Å²) in [5.74, 6) is -0.678. The Kier molecular flexibility index (Phi) is 5.55. The quantitative estimate of drug-likeness (QED) is 0.671. The van der Waals surface area contributed by atoms with Gasteiger partial charge in [-0.15, -0.1) is 5.10 Å². The van der Waals surface area contributed by atoms with Crippen molar-refractivity contribution in [3.8, 4) is 5.69 Å². The highest BCUT2D eigenvalue weighted by atomic mass is 16.5. The van der Waals surface area contributed by atoms with Crippen LogP contribution in [0.4, 0.5) is 0 Å². The normalized spacial score (nSPS) is 11.6. The number of carbonyl (C=O) groups excluding carboxylic acids is 2. The van der Waals surface area contributed by atoms with Crippen molar-refractivity contribution in [2.24, 2.45) is 0 Å². The Bertz CT molecular complexity index is 906. The van der Waals surface area contributed by atoms with Gasteiger partial charge in [0.1, 0.15) is 6.33 Å². The van der Waals surface area contributed by atoms with Gasteiger partial charge in [0.2, 0.25) is 0 Å². The van der Waals surface area contributed by atoms with Gasteiger partial charge >= 0.3 is 5.97 Å². The first-order valence-electron chi connectivity index (χ1n) is 8.34. The van der Waals surface area contributed by atoms with Crippen LogP contribution >= 0.6 is 0 Å². The maximum absolute atomic E-state index is 12.7. The van der Waals surface area contributed by atoms with Crippen LogP contribution in [0.15, 0.2) is 54.9 Å². The second kappa shape index (κ2) is 8.22. The number of esters is 1. The lowest BCUT2D eigenvalue weighted by molar-refractivity contribution is -0.141. The number of hydrogen-bond acceptors (Lipinski definition) is 6. The fraction of sp³-hybridized carbons (Fsp3) is 0.211. The molecule has 0 aliphatic rings. The Morgan fingerprint density at radius 1 is 1.11 bits per heavy atom. The van der Waals surface area contributed by atoms with E-state index in [-0.39, 0.29) is 12.3 Å². The highest BCUT2D eigenvalue weighted by Gasteiger charge is 2.19. The Labute approximate surface area is 156 Å². The SMILES string of the molecule is COC(=O)C[C@@H](NC(=O)c1ccc(-n2cnnn2)cc1)c1ccc(C)cc1. The number of benzene rings is 2. The van der Waals surface area contributed by atoms with E-state index in [1.165, 1.54) is 18.1 Å². The third-order valence-corrected chi connectivity index (χ3v) is 4.13. The van der Waals surface area contributed by atoms with Gasteiger partial charge in [0.15, 0.2) is 0 Å². The zero-order valence-corrected chi connectivity index (χ0v) is 15.0. The van der Waals surface area contributed by atoms with Crippen molar-refractivity contribution in [2.45, 2.75) is 19.4 Å². The van der Waals surface area contributed by atoms with Gasteiger partial charge in [-0.3, -0.25) is 9.59 Å². The summed E-state index contributed by atoms with van der Waals surface area (Å²) in [5, 5.41) is 13.9. The number of nitrogens with zero attached hydrogens (tertiary/aromatic N) is 4. The van der Waals surface area contributed by atoms with E-state index in [1.54, 1.807) is 24.3 Å². The molecule has 0 fully saturated rings. The molecular formula is C19H19N5O3. The van der Waals surface area contributed by atoms with Crippen molar-refractivity contribution < 1.29 is 14.3 Å². The highest BCUT2D eigenvalue weighted by Crippen LogP contribution is 2.19. The van der Waals surface area contributed by atoms with Crippen molar-refractivity contribution in [3.63, 3.8) is 0 Å². The minimum absolute atomic E-state index is 0.0496. The molecule has 0 unspecified atom stereocenters. The molecular weight excluding hydrogens is 346 g/mol. The molecule has 3 rings (SSSR count). The van der Waals surface area contributed by atoms with Gasteiger partial charge in [0.25, 0.3) is 5.91 Å². The number of amides is 1. The lowest BCUT2D eigenvalue weighted by atomic mass is 10.0. The van der Waals surface area contributed by atoms with Crippen LogP contribution in [0.25, 0.3) is 5.69 Å². The van der Waals surface area contributed by atoms with E-state index in [9.17, 15) is 9.59 Å². The van der Waals surface area contributed by atoms with Crippen molar-refractivity contribution >= 4 is 11.9 Å². The zero-order valence-electron chi connectivity index (χ0n) is 15.0. The van der Waals surface area contributed by atoms with Gasteiger partial charge in [0.05, 0.1) is 25.3 Å². The molecule has 8 nitrogen and oxygen atoms in total. The van der Waals surface area contributed by atoms with E-state index in [2.05, 4.69) is 20.8 Å². The Balaban J connectivity index is 1.77. The summed E-state index contributed by atoms with van der Waals surface area (Å²) in [7, 11) is 1.33. The molecule has 1 atom stereocenters. The summed E-state index contributed by atoms with van der Waals surface area (Å²) in [5.41, 5.74) is 3.14. The third kappa shape index (κ3) is 4.55. The fourth-order valence-electron chi connectivity index (χ4n) is 2.59. The Morgan fingerprint density at radius 2 is 1.81 bits per heavy atom. The number of tetrazole rings is 1. The molecule has 0 aliphatic heterocycles. The van der Waals surface area contributed by atoms with Crippen molar-refractivity contribution in [1.29, 1.82) is 0 Å². The standard InChI is InChI=1S/C19H19N5O3/c1-13-3-5-14(6-4-13)17(11-18(25)27-2)21-19(26)15-7-9-16(10-8-15)24-12-20-22-23-24/h3-10,12,17H,11H2,1-2H3,(H,21,26)/t17-/m1/s1. The number of ether oxygens (including phenoxy) is 1. The lowest BCUT2D eigenvalue weighted by Gasteiger charge is -2.18. The molecule has 8 heteroatoms. The average molecular weight is 365 g/mol. The monoisotopic (exact) mass is 365 g/mol. The maximum Gasteiger partial charge on any atom is 0.307 e. The largest absolute Gasteiger partial charge is 0.469 e. The average Bonchev–Trinajstić information content (AvgIpc) is 3.23. The number of nitrogens with one attached hydrogen (secondary N) is 1. The third-order valence-electron chi connectivity index (χ3n) is 4.13. The first-order chi connectivity index (χ1) is 13.1. The minimum Gasteiger partial charge on any atom is -0.469 e. The van der Waals surface area contributed by atoms with Gasteiger partial charge in [-0.05, 0) is 47.2 Å². The first kappa shape index (κ1) is 18.2. The van der Waals surface area contributed by atoms with E-state index >= 15 is 0 Å². The van der Waals surface area contributed by atoms with Crippen molar-refractivity contribution in [3.05, 3.63) is 71.5 Å². The molecule has 0 saturated heterocycles. The fourth-order valence-corrected chi connectivity index (χ4v) is 2.59. The number of rotatable bonds is 6. The van der Waals surface area contributed by atoms with E-state index in [0.717, 1.165) is 16.8 Å². The van der Waals surface area contributed by atoms with E-state index in [0.29, 0.717) is 5.56 Å². The van der Waals surface area contributed by atoms with Crippen LogP contribution in [0.3, 0.4) is 0 Å². The smallest absolute Gasteiger partial charge is 0.307 e. The Morgan fingerprint density at radius 3 is 2.41 bits per heavy atom. The Hall–Kier alpha value is -3.55. The first-order valence-corrected chi connectivity index (χ1v) is 8.34. The summed E-state index contributed by atoms with van der Waals surface area (Å²) >= 11 is 0. The van der Waals surface area contributed by atoms with Gasteiger partial charge in [0, 0.05) is 5.56 Å². The molecule has 1 heterocycles. The molecule has 0 saturated carbocycles. The molecule has 0 bridgehead atoms. The molecule has 3 aromatic rings. The summed E-state index contributed by atoms with van der Waals surface area (Å²) in [4.78, 5) is 24.4. The predicted molar refractivity (Wildman–Crippen MR) is 97.2 cm³/mol. The molecule has 0 spiro atoms. The summed E-state index contributed by atoms with van der Waals surface area (Å²) in [6.07, 6.45) is 1.52. The number of aryl methyl sites for hydroxylation is 1. The van der Waals surface area contributed by atoms with Crippen LogP contribution in [0.1, 0.15) is 33.9 Å². The lowest BCUT2D eigenvalue weighted by Crippen LogP contribution is -2.30. The van der Waals surface area contributed by atoms with Crippen LogP contribution < -0.4 is 5.32 Å². The highest BCUT2D eigenvalue weighted by molar-refractivity contribution is 5.94. The maximum atomic E-state index is 12.7. The molecule has 1 N–H and O–H groups in total. The molecule has 0 aliphatic carbocycles. The second-order valence-electron chi connectivity index (χ2n) is 6.02. The van der Waals surface area contributed by atoms with Crippen LogP contribution in [0, 0.1) is 6.92 Å². The van der Waals surface area contributed by atoms with Crippen molar-refractivity contribution in [2.75, 3.05) is 7.11 Å². The molecule has 138 valence electrons. The van der Waals surface area contributed by atoms with E-state index in [1.807, 2.05) is 31.2 Å². The van der Waals surface area contributed by atoms with Gasteiger partial charge < -0.3 is 10.1 Å². The molecule has 1 amide bonds. The van der Waals surface area contributed by atoms with Gasteiger partial charge in [-0.2, -0.15) is 0 Å². The summed E-state index contributed by atoms with van der Waals surface area (Å²) in [6.45, 7) is 1.98. The molecule has 2 aromatic carbocycles. The predicted octanol–water partition coefficient (Wildman–Crippen LogP) is 2.00. The van der Waals surface area contributed by atoms with Crippen molar-refractivity contribution in [1.82, 2.24) is 25.5 Å². The van der Waals surface area contributed by atoms with E-state index in [4.69, 9.17) is 4.74 Å². The topological polar surface area (TPSA) is 99.0 Å². The van der Waals surface area contributed by atoms with E-state index < -0.39 is 12.0 Å². The van der Waals surface area contributed by atoms with Crippen LogP contribution in [0.2, 0.25) is 0 Å². The second-order valence-corrected chi connectivity index (χ2v) is 6.02. The van der Waals surface area contributed by atoms with Crippen LogP contribution in [0.5, 0.6) is 0 Å². The summed E-state index contributed by atoms with van der Waals surface area (Å²) in [6, 6.07) is 14.0. The number of carbonyl (C=O) groups is 2. The van der Waals surface area contributed by atoms with Crippen LogP contribution in [-0.4, -0.2) is 39.2 Å². The molecule has 27 heavy (non-hydrogen) atoms. The zero-order chi connectivity index (χ0) is 19.2. The number of methoxy groups -OCH3 is 1.